The van der Waals surface area contributed by atoms with Gasteiger partial charge in [0.1, 0.15) is 23.9 Å². The molecule has 6 heteroatoms. The number of carboxylic acids is 1. The zero-order valence-electron chi connectivity index (χ0n) is 20.6. The second-order valence-electron chi connectivity index (χ2n) is 7.94. The van der Waals surface area contributed by atoms with E-state index in [0.29, 0.717) is 19.6 Å². The monoisotopic (exact) mass is 476 g/mol. The fraction of sp³-hybridized carbons (Fsp3) is 0.276. The largest absolute Gasteiger partial charge is 0.496 e. The number of benzene rings is 3. The molecule has 0 unspecified atom stereocenters. The van der Waals surface area contributed by atoms with Gasteiger partial charge in [-0.1, -0.05) is 42.5 Å². The predicted molar refractivity (Wildman–Crippen MR) is 137 cm³/mol. The van der Waals surface area contributed by atoms with Crippen molar-refractivity contribution in [2.24, 2.45) is 0 Å². The van der Waals surface area contributed by atoms with Crippen LogP contribution in [0.1, 0.15) is 25.0 Å². The Labute approximate surface area is 206 Å². The van der Waals surface area contributed by atoms with E-state index < -0.39 is 12.1 Å². The van der Waals surface area contributed by atoms with Gasteiger partial charge in [0, 0.05) is 13.0 Å². The Kier molecular flexibility index (Phi) is 9.32. The molecule has 6 nitrogen and oxygen atoms in total. The minimum Gasteiger partial charge on any atom is -0.496 e. The summed E-state index contributed by atoms with van der Waals surface area (Å²) in [6, 6.07) is 21.4. The first-order valence-electron chi connectivity index (χ1n) is 11.5. The topological polar surface area (TPSA) is 74.2 Å². The maximum Gasteiger partial charge on any atom is 0.333 e. The lowest BCUT2D eigenvalue weighted by Crippen LogP contribution is -2.26. The van der Waals surface area contributed by atoms with Crippen LogP contribution >= 0.6 is 0 Å². The van der Waals surface area contributed by atoms with Crippen molar-refractivity contribution in [1.82, 2.24) is 0 Å². The second kappa shape index (κ2) is 12.6. The summed E-state index contributed by atoms with van der Waals surface area (Å²) in [4.78, 5) is 11.3. The third-order valence-corrected chi connectivity index (χ3v) is 5.68. The predicted octanol–water partition coefficient (Wildman–Crippen LogP) is 5.89. The molecule has 0 spiro atoms. The maximum atomic E-state index is 11.3. The molecule has 3 aromatic rings. The van der Waals surface area contributed by atoms with Crippen LogP contribution in [0.15, 0.2) is 72.8 Å². The Bertz CT molecular complexity index is 1110. The van der Waals surface area contributed by atoms with Crippen molar-refractivity contribution in [2.75, 3.05) is 27.4 Å². The molecule has 3 aromatic carbocycles. The van der Waals surface area contributed by atoms with Crippen LogP contribution in [0.3, 0.4) is 0 Å². The molecule has 0 aliphatic rings. The summed E-state index contributed by atoms with van der Waals surface area (Å²) in [6.07, 6.45) is 1.51. The van der Waals surface area contributed by atoms with E-state index >= 15 is 0 Å². The van der Waals surface area contributed by atoms with Crippen molar-refractivity contribution >= 4 is 11.5 Å². The van der Waals surface area contributed by atoms with Gasteiger partial charge in [0.25, 0.3) is 0 Å². The van der Waals surface area contributed by atoms with Crippen molar-refractivity contribution in [3.63, 3.8) is 0 Å². The number of carbonyl (C=O) groups is 1. The van der Waals surface area contributed by atoms with Gasteiger partial charge in [0.2, 0.25) is 0 Å². The smallest absolute Gasteiger partial charge is 0.333 e. The van der Waals surface area contributed by atoms with Crippen molar-refractivity contribution < 1.29 is 28.8 Å². The fourth-order valence-electron chi connectivity index (χ4n) is 3.77. The highest BCUT2D eigenvalue weighted by molar-refractivity contribution is 5.78. The molecule has 0 fully saturated rings. The van der Waals surface area contributed by atoms with Gasteiger partial charge in [-0.2, -0.15) is 0 Å². The van der Waals surface area contributed by atoms with Gasteiger partial charge in [-0.3, -0.25) is 0 Å². The molecule has 0 radical (unpaired) electrons. The van der Waals surface area contributed by atoms with E-state index in [-0.39, 0.29) is 0 Å². The van der Waals surface area contributed by atoms with Crippen LogP contribution in [-0.4, -0.2) is 44.6 Å². The number of methoxy groups -OCH3 is 2. The normalized spacial score (nSPS) is 12.2. The zero-order chi connectivity index (χ0) is 25.2. The summed E-state index contributed by atoms with van der Waals surface area (Å²) in [6.45, 7) is 4.62. The van der Waals surface area contributed by atoms with Crippen molar-refractivity contribution in [2.45, 2.75) is 26.4 Å². The third kappa shape index (κ3) is 6.87. The van der Waals surface area contributed by atoms with E-state index in [0.717, 1.165) is 45.1 Å². The zero-order valence-corrected chi connectivity index (χ0v) is 20.6. The first-order chi connectivity index (χ1) is 17.0. The molecule has 0 aromatic heterocycles. The highest BCUT2D eigenvalue weighted by Crippen LogP contribution is 2.38. The third-order valence-electron chi connectivity index (χ3n) is 5.68. The van der Waals surface area contributed by atoms with Gasteiger partial charge in [-0.05, 0) is 66.5 Å². The SMILES string of the molecule is CCO[C@@H](Cc1ccc(OC/C=C(/C)c2ccc(-c3c(OC)cccc3OC)cc2)cc1)C(=O)O. The molecule has 35 heavy (non-hydrogen) atoms. The molecule has 0 aliphatic carbocycles. The number of hydrogen-bond donors (Lipinski definition) is 1. The average molecular weight is 477 g/mol. The summed E-state index contributed by atoms with van der Waals surface area (Å²) >= 11 is 0. The molecule has 0 bridgehead atoms. The average Bonchev–Trinajstić information content (AvgIpc) is 2.88. The van der Waals surface area contributed by atoms with E-state index in [1.807, 2.05) is 55.5 Å². The van der Waals surface area contributed by atoms with Crippen LogP contribution < -0.4 is 14.2 Å². The van der Waals surface area contributed by atoms with Crippen LogP contribution in [-0.2, 0) is 16.0 Å². The molecule has 184 valence electrons. The summed E-state index contributed by atoms with van der Waals surface area (Å²) in [7, 11) is 3.31. The van der Waals surface area contributed by atoms with Crippen molar-refractivity contribution in [3.05, 3.63) is 83.9 Å². The molecule has 1 atom stereocenters. The quantitative estimate of drug-likeness (QED) is 0.352. The van der Waals surface area contributed by atoms with E-state index in [1.54, 1.807) is 21.1 Å². The Morgan fingerprint density at radius 3 is 2.11 bits per heavy atom. The van der Waals surface area contributed by atoms with E-state index in [4.69, 9.17) is 18.9 Å². The minimum atomic E-state index is -0.956. The Morgan fingerprint density at radius 2 is 1.57 bits per heavy atom. The van der Waals surface area contributed by atoms with Crippen LogP contribution in [0.5, 0.6) is 17.2 Å². The van der Waals surface area contributed by atoms with Gasteiger partial charge in [-0.15, -0.1) is 0 Å². The number of allylic oxidation sites excluding steroid dienone is 1. The second-order valence-corrected chi connectivity index (χ2v) is 7.94. The Morgan fingerprint density at radius 1 is 0.943 bits per heavy atom. The lowest BCUT2D eigenvalue weighted by Gasteiger charge is -2.14. The first kappa shape index (κ1) is 25.8. The van der Waals surface area contributed by atoms with Crippen molar-refractivity contribution in [3.8, 4) is 28.4 Å². The van der Waals surface area contributed by atoms with Crippen LogP contribution in [0.2, 0.25) is 0 Å². The summed E-state index contributed by atoms with van der Waals surface area (Å²) in [5.41, 5.74) is 5.02. The molecular weight excluding hydrogens is 444 g/mol. The molecule has 0 amide bonds. The highest BCUT2D eigenvalue weighted by Gasteiger charge is 2.17. The molecule has 0 saturated carbocycles. The van der Waals surface area contributed by atoms with E-state index in [9.17, 15) is 9.90 Å². The van der Waals surface area contributed by atoms with Crippen LogP contribution in [0.4, 0.5) is 0 Å². The molecule has 0 saturated heterocycles. The Balaban J connectivity index is 1.62. The summed E-state index contributed by atoms with van der Waals surface area (Å²) in [5.74, 6) is 1.29. The maximum absolute atomic E-state index is 11.3. The van der Waals surface area contributed by atoms with Gasteiger partial charge in [0.15, 0.2) is 6.10 Å². The first-order valence-corrected chi connectivity index (χ1v) is 11.5. The van der Waals surface area contributed by atoms with Gasteiger partial charge < -0.3 is 24.1 Å². The standard InChI is InChI=1S/C29H32O6/c1-5-34-27(29(30)31)19-21-9-15-24(16-10-21)35-18-17-20(2)22-11-13-23(14-12-22)28-25(32-3)7-6-8-26(28)33-4/h6-17,27H,5,18-19H2,1-4H3,(H,30,31)/b20-17-/t27-/m0/s1. The molecular formula is C29H32O6. The van der Waals surface area contributed by atoms with Gasteiger partial charge >= 0.3 is 5.97 Å². The minimum absolute atomic E-state index is 0.319. The lowest BCUT2D eigenvalue weighted by atomic mass is 9.99. The van der Waals surface area contributed by atoms with Gasteiger partial charge in [-0.25, -0.2) is 4.79 Å². The summed E-state index contributed by atoms with van der Waals surface area (Å²) < 4.78 is 22.2. The molecule has 3 rings (SSSR count). The highest BCUT2D eigenvalue weighted by atomic mass is 16.5. The lowest BCUT2D eigenvalue weighted by molar-refractivity contribution is -0.149. The summed E-state index contributed by atoms with van der Waals surface area (Å²) in [5, 5.41) is 9.24. The molecule has 0 aliphatic heterocycles. The Hall–Kier alpha value is -3.77. The van der Waals surface area contributed by atoms with E-state index in [1.165, 1.54) is 0 Å². The van der Waals surface area contributed by atoms with Crippen LogP contribution in [0, 0.1) is 0 Å². The fourth-order valence-corrected chi connectivity index (χ4v) is 3.77. The molecule has 0 heterocycles. The molecule has 1 N–H and O–H groups in total. The van der Waals surface area contributed by atoms with Crippen molar-refractivity contribution in [1.29, 1.82) is 0 Å². The number of carboxylic acid groups (broad SMARTS) is 1. The number of rotatable bonds is 12. The number of ether oxygens (including phenoxy) is 4. The number of aliphatic carboxylic acids is 1. The van der Waals surface area contributed by atoms with Gasteiger partial charge in [0.05, 0.1) is 19.8 Å². The van der Waals surface area contributed by atoms with E-state index in [2.05, 4.69) is 24.3 Å². The number of hydrogen-bond acceptors (Lipinski definition) is 5. The van der Waals surface area contributed by atoms with Crippen LogP contribution in [0.25, 0.3) is 16.7 Å².